The number of carbonyl (C=O) groups excluding carboxylic acids is 2. The maximum absolute atomic E-state index is 13.7. The molecule has 3 N–H and O–H groups in total. The van der Waals surface area contributed by atoms with Crippen LogP contribution in [0.15, 0.2) is 76.0 Å². The first-order valence-corrected chi connectivity index (χ1v) is 13.6. The number of aromatic nitrogens is 3. The van der Waals surface area contributed by atoms with Crippen molar-refractivity contribution >= 4 is 41.1 Å². The number of pyridine rings is 1. The molecule has 220 valence electrons. The lowest BCUT2D eigenvalue weighted by atomic mass is 9.79. The summed E-state index contributed by atoms with van der Waals surface area (Å²) in [6.07, 6.45) is 0.497. The first-order chi connectivity index (χ1) is 20.1. The molecule has 0 saturated heterocycles. The minimum atomic E-state index is -1.11. The molecule has 2 unspecified atom stereocenters. The number of rotatable bonds is 9. The van der Waals surface area contributed by atoms with Crippen molar-refractivity contribution in [3.8, 4) is 0 Å². The Kier molecular flexibility index (Phi) is 9.66. The minimum Gasteiger partial charge on any atom is -0.466 e. The highest BCUT2D eigenvalue weighted by molar-refractivity contribution is 6.42. The van der Waals surface area contributed by atoms with Crippen LogP contribution in [0.1, 0.15) is 42.8 Å². The number of allylic oxidation sites excluding steroid dienone is 1. The van der Waals surface area contributed by atoms with Gasteiger partial charge in [-0.2, -0.15) is 0 Å². The van der Waals surface area contributed by atoms with E-state index in [0.29, 0.717) is 17.0 Å². The lowest BCUT2D eigenvalue weighted by molar-refractivity contribution is -0.139. The van der Waals surface area contributed by atoms with E-state index in [-0.39, 0.29) is 51.7 Å². The number of nitrogens with two attached hydrogens (primary N) is 1. The average molecular weight is 614 g/mol. The first kappa shape index (κ1) is 30.8. The highest BCUT2D eigenvalue weighted by atomic mass is 35.5. The lowest BCUT2D eigenvalue weighted by Crippen LogP contribution is -2.36. The van der Waals surface area contributed by atoms with Crippen molar-refractivity contribution < 1.29 is 23.8 Å². The highest BCUT2D eigenvalue weighted by Gasteiger charge is 2.42. The first-order valence-electron chi connectivity index (χ1n) is 12.8. The van der Waals surface area contributed by atoms with Gasteiger partial charge in [-0.15, -0.1) is 0 Å². The topological polar surface area (TPSA) is 148 Å². The standard InChI is InChI=1S/C29H29Cl2N5O6/c1-5-42-28(39)23-22(17-10-8-11-18(30)24(17)31)21(27(38)41-4)15(2)34-25(23)26(40-3)19-13-20(37)36(29(32)35-19)14-16-9-6-7-12-33-16/h6-13,22,26,34H,5,14H2,1-4H3,(H2,32,35). The molecule has 0 saturated carbocycles. The van der Waals surface area contributed by atoms with Gasteiger partial charge in [0.15, 0.2) is 0 Å². The molecule has 11 nitrogen and oxygen atoms in total. The van der Waals surface area contributed by atoms with Crippen LogP contribution < -0.4 is 16.6 Å². The van der Waals surface area contributed by atoms with Crippen LogP contribution in [0.25, 0.3) is 0 Å². The van der Waals surface area contributed by atoms with E-state index >= 15 is 0 Å². The van der Waals surface area contributed by atoms with Crippen molar-refractivity contribution in [2.24, 2.45) is 0 Å². The van der Waals surface area contributed by atoms with Crippen molar-refractivity contribution in [1.29, 1.82) is 0 Å². The Balaban J connectivity index is 1.94. The number of nitrogens with zero attached hydrogens (tertiary/aromatic N) is 3. The Hall–Kier alpha value is -4.19. The molecule has 0 radical (unpaired) electrons. The molecule has 3 heterocycles. The van der Waals surface area contributed by atoms with E-state index in [2.05, 4.69) is 15.3 Å². The van der Waals surface area contributed by atoms with Gasteiger partial charge in [-0.3, -0.25) is 14.3 Å². The highest BCUT2D eigenvalue weighted by Crippen LogP contribution is 2.45. The van der Waals surface area contributed by atoms with Crippen LogP contribution in [-0.2, 0) is 30.3 Å². The molecule has 2 aromatic heterocycles. The summed E-state index contributed by atoms with van der Waals surface area (Å²) in [6, 6.07) is 11.5. The van der Waals surface area contributed by atoms with E-state index in [1.165, 1.54) is 24.9 Å². The number of hydrogen-bond acceptors (Lipinski definition) is 10. The molecule has 0 fully saturated rings. The van der Waals surface area contributed by atoms with E-state index in [0.717, 1.165) is 0 Å². The van der Waals surface area contributed by atoms with Crippen LogP contribution in [0.5, 0.6) is 0 Å². The van der Waals surface area contributed by atoms with Gasteiger partial charge in [-0.1, -0.05) is 41.4 Å². The molecule has 0 amide bonds. The number of nitrogen functional groups attached to an aromatic ring is 1. The summed E-state index contributed by atoms with van der Waals surface area (Å²) in [5.41, 5.74) is 7.50. The Labute approximate surface area is 251 Å². The average Bonchev–Trinajstić information content (AvgIpc) is 2.97. The van der Waals surface area contributed by atoms with Crippen LogP contribution in [-0.4, -0.2) is 47.3 Å². The maximum atomic E-state index is 13.7. The predicted octanol–water partition coefficient (Wildman–Crippen LogP) is 3.91. The van der Waals surface area contributed by atoms with Crippen LogP contribution >= 0.6 is 23.2 Å². The van der Waals surface area contributed by atoms with Crippen molar-refractivity contribution in [2.75, 3.05) is 26.6 Å². The minimum absolute atomic E-state index is 0.00287. The largest absolute Gasteiger partial charge is 0.466 e. The fourth-order valence-electron chi connectivity index (χ4n) is 4.81. The monoisotopic (exact) mass is 613 g/mol. The van der Waals surface area contributed by atoms with Crippen LogP contribution in [0.2, 0.25) is 10.0 Å². The Bertz CT molecular complexity index is 1640. The second-order valence-corrected chi connectivity index (χ2v) is 9.96. The van der Waals surface area contributed by atoms with Crippen molar-refractivity contribution in [3.05, 3.63) is 109 Å². The third-order valence-electron chi connectivity index (χ3n) is 6.66. The zero-order chi connectivity index (χ0) is 30.6. The number of methoxy groups -OCH3 is 2. The number of carbonyl (C=O) groups is 2. The zero-order valence-corrected chi connectivity index (χ0v) is 24.8. The second-order valence-electron chi connectivity index (χ2n) is 9.18. The molecule has 0 bridgehead atoms. The normalized spacial score (nSPS) is 15.7. The van der Waals surface area contributed by atoms with Crippen LogP contribution in [0.3, 0.4) is 0 Å². The number of esters is 2. The van der Waals surface area contributed by atoms with Gasteiger partial charge in [0, 0.05) is 25.1 Å². The van der Waals surface area contributed by atoms with Gasteiger partial charge >= 0.3 is 11.9 Å². The van der Waals surface area contributed by atoms with Gasteiger partial charge in [0.2, 0.25) is 5.95 Å². The SMILES string of the molecule is CCOC(=O)C1=C(C(OC)c2cc(=O)n(Cc3ccccn3)c(N)n2)NC(C)=C(C(=O)OC)C1c1cccc(Cl)c1Cl. The predicted molar refractivity (Wildman–Crippen MR) is 157 cm³/mol. The second kappa shape index (κ2) is 13.2. The molecular formula is C29H29Cl2N5O6. The summed E-state index contributed by atoms with van der Waals surface area (Å²) < 4.78 is 17.6. The lowest BCUT2D eigenvalue weighted by Gasteiger charge is -2.34. The molecule has 0 spiro atoms. The number of dihydropyridines is 1. The van der Waals surface area contributed by atoms with Gasteiger partial charge in [0.25, 0.3) is 5.56 Å². The van der Waals surface area contributed by atoms with Gasteiger partial charge in [0.1, 0.15) is 6.10 Å². The van der Waals surface area contributed by atoms with Gasteiger partial charge in [-0.05, 0) is 37.6 Å². The molecular weight excluding hydrogens is 585 g/mol. The van der Waals surface area contributed by atoms with Crippen molar-refractivity contribution in [1.82, 2.24) is 19.9 Å². The van der Waals surface area contributed by atoms with Gasteiger partial charge < -0.3 is 25.3 Å². The van der Waals surface area contributed by atoms with E-state index in [1.807, 2.05) is 0 Å². The fraction of sp³-hybridized carbons (Fsp3) is 0.276. The maximum Gasteiger partial charge on any atom is 0.336 e. The number of benzene rings is 1. The molecule has 1 aliphatic heterocycles. The van der Waals surface area contributed by atoms with E-state index < -0.39 is 29.5 Å². The van der Waals surface area contributed by atoms with Crippen LogP contribution in [0.4, 0.5) is 5.95 Å². The number of hydrogen-bond donors (Lipinski definition) is 2. The summed E-state index contributed by atoms with van der Waals surface area (Å²) >= 11 is 13.0. The molecule has 42 heavy (non-hydrogen) atoms. The molecule has 1 aromatic carbocycles. The van der Waals surface area contributed by atoms with E-state index in [9.17, 15) is 14.4 Å². The summed E-state index contributed by atoms with van der Waals surface area (Å²) in [4.78, 5) is 48.7. The van der Waals surface area contributed by atoms with Gasteiger partial charge in [-0.25, -0.2) is 14.6 Å². The Morgan fingerprint density at radius 2 is 1.88 bits per heavy atom. The fourth-order valence-corrected chi connectivity index (χ4v) is 5.22. The summed E-state index contributed by atoms with van der Waals surface area (Å²) in [7, 11) is 2.61. The van der Waals surface area contributed by atoms with Gasteiger partial charge in [0.05, 0.1) is 64.5 Å². The third kappa shape index (κ3) is 6.03. The number of anilines is 1. The quantitative estimate of drug-likeness (QED) is 0.340. The number of nitrogens with one attached hydrogen (secondary N) is 1. The molecule has 2 atom stereocenters. The third-order valence-corrected chi connectivity index (χ3v) is 7.49. The molecule has 3 aromatic rings. The van der Waals surface area contributed by atoms with E-state index in [4.69, 9.17) is 43.1 Å². The molecule has 1 aliphatic rings. The van der Waals surface area contributed by atoms with Crippen molar-refractivity contribution in [3.63, 3.8) is 0 Å². The summed E-state index contributed by atoms with van der Waals surface area (Å²) in [5.74, 6) is -2.61. The smallest absolute Gasteiger partial charge is 0.336 e. The van der Waals surface area contributed by atoms with E-state index in [1.54, 1.807) is 56.4 Å². The van der Waals surface area contributed by atoms with Crippen LogP contribution in [0, 0.1) is 0 Å². The Morgan fingerprint density at radius 1 is 1.12 bits per heavy atom. The number of halogens is 2. The molecule has 13 heteroatoms. The molecule has 0 aliphatic carbocycles. The summed E-state index contributed by atoms with van der Waals surface area (Å²) in [5, 5.41) is 3.46. The zero-order valence-electron chi connectivity index (χ0n) is 23.3. The number of ether oxygens (including phenoxy) is 3. The summed E-state index contributed by atoms with van der Waals surface area (Å²) in [6.45, 7) is 3.42. The van der Waals surface area contributed by atoms with Crippen molar-refractivity contribution in [2.45, 2.75) is 32.4 Å². The Morgan fingerprint density at radius 3 is 2.50 bits per heavy atom. The molecule has 4 rings (SSSR count).